The molecule has 5 nitrogen and oxygen atoms in total. The molecule has 0 radical (unpaired) electrons. The number of likely N-dealkylation sites (N-methyl/N-ethyl adjacent to an activating group) is 1. The Morgan fingerprint density at radius 1 is 1.19 bits per heavy atom. The number of hydrogen-bond donors (Lipinski definition) is 2. The second kappa shape index (κ2) is 14.1. The van der Waals surface area contributed by atoms with Crippen LogP contribution >= 0.6 is 0 Å². The first kappa shape index (κ1) is 20.2. The monoisotopic (exact) mass is 302 g/mol. The lowest BCUT2D eigenvalue weighted by Gasteiger charge is -2.19. The first-order valence-corrected chi connectivity index (χ1v) is 8.37. The Labute approximate surface area is 130 Å². The van der Waals surface area contributed by atoms with Crippen molar-refractivity contribution in [2.75, 3.05) is 33.3 Å². The number of unbranched alkanes of at least 4 members (excludes halogenated alkanes) is 3. The van der Waals surface area contributed by atoms with Gasteiger partial charge in [0.2, 0.25) is 0 Å². The summed E-state index contributed by atoms with van der Waals surface area (Å²) in [4.78, 5) is 13.9. The lowest BCUT2D eigenvalue weighted by Crippen LogP contribution is -2.35. The van der Waals surface area contributed by atoms with Crippen molar-refractivity contribution in [2.24, 2.45) is 0 Å². The van der Waals surface area contributed by atoms with Crippen LogP contribution in [0.3, 0.4) is 0 Å². The third-order valence-corrected chi connectivity index (χ3v) is 3.64. The fourth-order valence-corrected chi connectivity index (χ4v) is 2.08. The van der Waals surface area contributed by atoms with Gasteiger partial charge in [0, 0.05) is 19.7 Å². The molecule has 0 saturated heterocycles. The van der Waals surface area contributed by atoms with Gasteiger partial charge in [-0.1, -0.05) is 33.1 Å². The van der Waals surface area contributed by atoms with E-state index in [0.717, 1.165) is 32.4 Å². The third-order valence-electron chi connectivity index (χ3n) is 3.64. The fraction of sp³-hybridized carbons (Fsp3) is 0.938. The molecule has 2 N–H and O–H groups in total. The molecule has 0 fully saturated rings. The standard InChI is InChI=1S/C16H34N2O3/c1-4-6-7-8-10-15(11-9-14-19)21-16(20)17-12-13-18(3)5-2/h15,19H,4-14H2,1-3H3,(H,17,20). The predicted octanol–water partition coefficient (Wildman–Crippen LogP) is 2.78. The zero-order valence-electron chi connectivity index (χ0n) is 14.1. The van der Waals surface area contributed by atoms with Crippen molar-refractivity contribution >= 4 is 6.09 Å². The molecular formula is C16H34N2O3. The molecule has 0 aliphatic rings. The number of carbonyl (C=O) groups excluding carboxylic acids is 1. The maximum absolute atomic E-state index is 11.8. The van der Waals surface area contributed by atoms with Gasteiger partial charge in [-0.05, 0) is 39.3 Å². The molecular weight excluding hydrogens is 268 g/mol. The minimum Gasteiger partial charge on any atom is -0.446 e. The SMILES string of the molecule is CCCCCCC(CCCO)OC(=O)NCCN(C)CC. The zero-order valence-corrected chi connectivity index (χ0v) is 14.1. The summed E-state index contributed by atoms with van der Waals surface area (Å²) in [6.45, 7) is 6.81. The van der Waals surface area contributed by atoms with Gasteiger partial charge in [-0.15, -0.1) is 0 Å². The van der Waals surface area contributed by atoms with Gasteiger partial charge in [-0.2, -0.15) is 0 Å². The van der Waals surface area contributed by atoms with Crippen molar-refractivity contribution in [3.63, 3.8) is 0 Å². The van der Waals surface area contributed by atoms with E-state index in [9.17, 15) is 4.79 Å². The highest BCUT2D eigenvalue weighted by molar-refractivity contribution is 5.67. The quantitative estimate of drug-likeness (QED) is 0.514. The van der Waals surface area contributed by atoms with Crippen LogP contribution in [0, 0.1) is 0 Å². The second-order valence-corrected chi connectivity index (χ2v) is 5.57. The number of aliphatic hydroxyl groups excluding tert-OH is 1. The molecule has 0 heterocycles. The Morgan fingerprint density at radius 3 is 2.52 bits per heavy atom. The molecule has 0 aliphatic heterocycles. The summed E-state index contributed by atoms with van der Waals surface area (Å²) >= 11 is 0. The number of aliphatic hydroxyl groups is 1. The average Bonchev–Trinajstić information content (AvgIpc) is 2.48. The Kier molecular flexibility index (Phi) is 13.6. The topological polar surface area (TPSA) is 61.8 Å². The van der Waals surface area contributed by atoms with Crippen LogP contribution in [0.25, 0.3) is 0 Å². The summed E-state index contributed by atoms with van der Waals surface area (Å²) < 4.78 is 5.47. The van der Waals surface area contributed by atoms with Crippen molar-refractivity contribution in [1.29, 1.82) is 0 Å². The van der Waals surface area contributed by atoms with Crippen LogP contribution in [0.2, 0.25) is 0 Å². The lowest BCUT2D eigenvalue weighted by molar-refractivity contribution is 0.0804. The van der Waals surface area contributed by atoms with E-state index in [-0.39, 0.29) is 18.8 Å². The highest BCUT2D eigenvalue weighted by Crippen LogP contribution is 2.13. The minimum absolute atomic E-state index is 0.0714. The Bertz CT molecular complexity index is 250. The average molecular weight is 302 g/mol. The van der Waals surface area contributed by atoms with Gasteiger partial charge in [-0.25, -0.2) is 4.79 Å². The normalized spacial score (nSPS) is 12.4. The molecule has 0 aromatic rings. The minimum atomic E-state index is -0.335. The summed E-state index contributed by atoms with van der Waals surface area (Å²) in [5.74, 6) is 0. The Balaban J connectivity index is 3.92. The number of carbonyl (C=O) groups is 1. The van der Waals surface area contributed by atoms with E-state index in [1.54, 1.807) is 0 Å². The van der Waals surface area contributed by atoms with Gasteiger partial charge in [0.05, 0.1) is 0 Å². The van der Waals surface area contributed by atoms with Crippen molar-refractivity contribution in [2.45, 2.75) is 64.9 Å². The highest BCUT2D eigenvalue weighted by atomic mass is 16.6. The summed E-state index contributed by atoms with van der Waals surface area (Å²) in [6, 6.07) is 0. The van der Waals surface area contributed by atoms with Gasteiger partial charge in [0.15, 0.2) is 0 Å². The second-order valence-electron chi connectivity index (χ2n) is 5.57. The number of ether oxygens (including phenoxy) is 1. The number of alkyl carbamates (subject to hydrolysis) is 1. The fourth-order valence-electron chi connectivity index (χ4n) is 2.08. The maximum atomic E-state index is 11.8. The Morgan fingerprint density at radius 2 is 1.90 bits per heavy atom. The zero-order chi connectivity index (χ0) is 15.9. The first-order chi connectivity index (χ1) is 10.1. The van der Waals surface area contributed by atoms with Crippen molar-refractivity contribution in [3.05, 3.63) is 0 Å². The number of nitrogens with zero attached hydrogens (tertiary/aromatic N) is 1. The maximum Gasteiger partial charge on any atom is 0.407 e. The van der Waals surface area contributed by atoms with E-state index in [0.29, 0.717) is 13.0 Å². The summed E-state index contributed by atoms with van der Waals surface area (Å²) in [5.41, 5.74) is 0. The molecule has 5 heteroatoms. The van der Waals surface area contributed by atoms with Gasteiger partial charge >= 0.3 is 6.09 Å². The van der Waals surface area contributed by atoms with Gasteiger partial charge < -0.3 is 20.1 Å². The van der Waals surface area contributed by atoms with Crippen LogP contribution < -0.4 is 5.32 Å². The molecule has 21 heavy (non-hydrogen) atoms. The van der Waals surface area contributed by atoms with Crippen molar-refractivity contribution < 1.29 is 14.6 Å². The Hall–Kier alpha value is -0.810. The van der Waals surface area contributed by atoms with Crippen LogP contribution in [0.15, 0.2) is 0 Å². The number of amides is 1. The van der Waals surface area contributed by atoms with Crippen molar-refractivity contribution in [1.82, 2.24) is 10.2 Å². The molecule has 0 spiro atoms. The molecule has 0 saturated carbocycles. The highest BCUT2D eigenvalue weighted by Gasteiger charge is 2.13. The van der Waals surface area contributed by atoms with Gasteiger partial charge in [0.25, 0.3) is 0 Å². The summed E-state index contributed by atoms with van der Waals surface area (Å²) in [6.07, 6.45) is 6.59. The predicted molar refractivity (Wildman–Crippen MR) is 86.5 cm³/mol. The molecule has 1 unspecified atom stereocenters. The third kappa shape index (κ3) is 12.6. The number of nitrogens with one attached hydrogen (secondary N) is 1. The van der Waals surface area contributed by atoms with E-state index >= 15 is 0 Å². The largest absolute Gasteiger partial charge is 0.446 e. The van der Waals surface area contributed by atoms with Crippen LogP contribution in [0.5, 0.6) is 0 Å². The molecule has 0 aromatic carbocycles. The molecule has 0 aromatic heterocycles. The number of rotatable bonds is 13. The summed E-state index contributed by atoms with van der Waals surface area (Å²) in [7, 11) is 2.02. The van der Waals surface area contributed by atoms with E-state index in [2.05, 4.69) is 24.1 Å². The lowest BCUT2D eigenvalue weighted by atomic mass is 10.1. The molecule has 1 amide bonds. The molecule has 0 rings (SSSR count). The number of hydrogen-bond acceptors (Lipinski definition) is 4. The first-order valence-electron chi connectivity index (χ1n) is 8.37. The van der Waals surface area contributed by atoms with E-state index < -0.39 is 0 Å². The van der Waals surface area contributed by atoms with Crippen LogP contribution in [-0.4, -0.2) is 55.5 Å². The van der Waals surface area contributed by atoms with Gasteiger partial charge in [-0.3, -0.25) is 0 Å². The molecule has 1 atom stereocenters. The smallest absolute Gasteiger partial charge is 0.407 e. The van der Waals surface area contributed by atoms with Crippen molar-refractivity contribution in [3.8, 4) is 0 Å². The van der Waals surface area contributed by atoms with E-state index in [1.165, 1.54) is 19.3 Å². The van der Waals surface area contributed by atoms with Gasteiger partial charge in [0.1, 0.15) is 6.10 Å². The summed E-state index contributed by atoms with van der Waals surface area (Å²) in [5, 5.41) is 11.7. The molecule has 0 bridgehead atoms. The van der Waals surface area contributed by atoms with E-state index in [4.69, 9.17) is 9.84 Å². The molecule has 0 aliphatic carbocycles. The van der Waals surface area contributed by atoms with Crippen LogP contribution in [-0.2, 0) is 4.74 Å². The van der Waals surface area contributed by atoms with Crippen LogP contribution in [0.4, 0.5) is 4.79 Å². The van der Waals surface area contributed by atoms with Crippen LogP contribution in [0.1, 0.15) is 58.8 Å². The molecule has 126 valence electrons. The van der Waals surface area contributed by atoms with E-state index in [1.807, 2.05) is 7.05 Å².